The molecule has 1 aliphatic heterocycles. The van der Waals surface area contributed by atoms with E-state index in [0.717, 1.165) is 5.56 Å². The maximum absolute atomic E-state index is 12.2. The van der Waals surface area contributed by atoms with Gasteiger partial charge < -0.3 is 14.0 Å². The van der Waals surface area contributed by atoms with Crippen molar-refractivity contribution in [3.63, 3.8) is 0 Å². The molecule has 7 nitrogen and oxygen atoms in total. The summed E-state index contributed by atoms with van der Waals surface area (Å²) in [6, 6.07) is 5.17. The Hall–Kier alpha value is -3.40. The van der Waals surface area contributed by atoms with E-state index in [1.54, 1.807) is 20.3 Å². The van der Waals surface area contributed by atoms with Crippen molar-refractivity contribution in [2.75, 3.05) is 26.1 Å². The topological polar surface area (TPSA) is 68.6 Å². The van der Waals surface area contributed by atoms with Crippen LogP contribution in [0.2, 0.25) is 0 Å². The van der Waals surface area contributed by atoms with Gasteiger partial charge in [-0.15, -0.1) is 6.42 Å². The molecule has 7 heteroatoms. The normalized spacial score (nSPS) is 13.1. The number of rotatable bonds is 4. The third-order valence-electron chi connectivity index (χ3n) is 4.06. The molecule has 0 atom stereocenters. The van der Waals surface area contributed by atoms with Gasteiger partial charge in [0.1, 0.15) is 11.5 Å². The first kappa shape index (κ1) is 16.5. The largest absolute Gasteiger partial charge is 0.493 e. The third kappa shape index (κ3) is 2.58. The highest BCUT2D eigenvalue weighted by Crippen LogP contribution is 2.36. The Balaban J connectivity index is 2.09. The molecule has 25 heavy (non-hydrogen) atoms. The molecule has 0 saturated heterocycles. The summed E-state index contributed by atoms with van der Waals surface area (Å²) in [6.45, 7) is 4.14. The van der Waals surface area contributed by atoms with Crippen LogP contribution in [0.15, 0.2) is 24.8 Å². The third-order valence-corrected chi connectivity index (χ3v) is 4.06. The molecule has 0 bridgehead atoms. The summed E-state index contributed by atoms with van der Waals surface area (Å²) in [4.78, 5) is 18.1. The van der Waals surface area contributed by atoms with Crippen molar-refractivity contribution in [2.45, 2.75) is 0 Å². The van der Waals surface area contributed by atoms with Crippen molar-refractivity contribution in [1.29, 1.82) is 0 Å². The van der Waals surface area contributed by atoms with Crippen molar-refractivity contribution >= 4 is 17.5 Å². The molecule has 1 aliphatic rings. The van der Waals surface area contributed by atoms with Crippen molar-refractivity contribution in [2.24, 2.45) is 7.05 Å². The number of imidazole rings is 1. The van der Waals surface area contributed by atoms with Crippen LogP contribution in [0.3, 0.4) is 0 Å². The number of nitrogens with zero attached hydrogens (tertiary/aromatic N) is 3. The van der Waals surface area contributed by atoms with Gasteiger partial charge in [0.2, 0.25) is 0 Å². The lowest BCUT2D eigenvalue weighted by molar-refractivity contribution is 0.233. The second-order valence-corrected chi connectivity index (χ2v) is 5.43. The number of ether oxygens (including phenoxy) is 2. The zero-order valence-corrected chi connectivity index (χ0v) is 14.3. The zero-order chi connectivity index (χ0) is 18.1. The van der Waals surface area contributed by atoms with Crippen LogP contribution in [-0.2, 0) is 7.05 Å². The molecule has 1 aromatic carbocycles. The molecular weight excluding hydrogens is 320 g/mol. The van der Waals surface area contributed by atoms with Crippen LogP contribution in [0.1, 0.15) is 5.69 Å². The number of nitrogens with one attached hydrogen (secondary N) is 1. The van der Waals surface area contributed by atoms with Gasteiger partial charge in [-0.2, -0.15) is 0 Å². The highest BCUT2D eigenvalue weighted by atomic mass is 16.5. The molecular formula is C18H18N4O3. The minimum atomic E-state index is -0.340. The molecule has 0 spiro atoms. The Morgan fingerprint density at radius 1 is 1.32 bits per heavy atom. The van der Waals surface area contributed by atoms with Crippen LogP contribution < -0.4 is 14.8 Å². The lowest BCUT2D eigenvalue weighted by Gasteiger charge is -2.27. The summed E-state index contributed by atoms with van der Waals surface area (Å²) in [6.07, 6.45) is 5.34. The van der Waals surface area contributed by atoms with Crippen LogP contribution in [0.4, 0.5) is 10.6 Å². The molecule has 1 N–H and O–H groups in total. The first-order valence-corrected chi connectivity index (χ1v) is 7.52. The number of carbonyl (C=O) groups excluding carboxylic acids is 1. The van der Waals surface area contributed by atoms with E-state index in [4.69, 9.17) is 15.9 Å². The Morgan fingerprint density at radius 3 is 2.68 bits per heavy atom. The van der Waals surface area contributed by atoms with Crippen molar-refractivity contribution in [3.8, 4) is 35.2 Å². The summed E-state index contributed by atoms with van der Waals surface area (Å²) in [5, 5.41) is 2.75. The molecule has 0 aliphatic carbocycles. The van der Waals surface area contributed by atoms with Gasteiger partial charge in [0.25, 0.3) is 0 Å². The summed E-state index contributed by atoms with van der Waals surface area (Å²) >= 11 is 0. The number of benzene rings is 1. The Morgan fingerprint density at radius 2 is 2.04 bits per heavy atom. The Labute approximate surface area is 145 Å². The molecule has 0 unspecified atom stereocenters. The van der Waals surface area contributed by atoms with Gasteiger partial charge in [-0.25, -0.2) is 9.78 Å². The summed E-state index contributed by atoms with van der Waals surface area (Å²) in [7, 11) is 5.01. The van der Waals surface area contributed by atoms with Crippen molar-refractivity contribution < 1.29 is 14.3 Å². The molecule has 0 radical (unpaired) electrons. The molecule has 1 aromatic heterocycles. The highest BCUT2D eigenvalue weighted by molar-refractivity contribution is 6.01. The van der Waals surface area contributed by atoms with E-state index < -0.39 is 0 Å². The molecule has 2 amide bonds. The van der Waals surface area contributed by atoms with E-state index in [1.807, 2.05) is 23.7 Å². The van der Waals surface area contributed by atoms with Crippen molar-refractivity contribution in [1.82, 2.24) is 14.5 Å². The van der Waals surface area contributed by atoms with E-state index in [0.29, 0.717) is 34.5 Å². The number of terminal acetylenes is 1. The number of hydrogen-bond donors (Lipinski definition) is 1. The van der Waals surface area contributed by atoms with Crippen LogP contribution in [0.5, 0.6) is 11.5 Å². The van der Waals surface area contributed by atoms with E-state index in [9.17, 15) is 4.79 Å². The second kappa shape index (κ2) is 6.24. The number of fused-ring (bicyclic) bond motifs is 1. The van der Waals surface area contributed by atoms with E-state index in [-0.39, 0.29) is 12.6 Å². The summed E-state index contributed by atoms with van der Waals surface area (Å²) in [5.41, 5.74) is 2.04. The monoisotopic (exact) mass is 338 g/mol. The standard InChI is InChI=1S/C18H18N4O3/c1-6-9-22-11(2)15-16(20-18(22)23)19-17(21(15)3)12-7-8-13(24-4)14(10-12)25-5/h1,7-8,10H,2,9H2,3-5H3,(H,20,23). The number of aromatic nitrogens is 2. The van der Waals surface area contributed by atoms with Gasteiger partial charge in [0, 0.05) is 12.6 Å². The predicted octanol–water partition coefficient (Wildman–Crippen LogP) is 2.56. The van der Waals surface area contributed by atoms with Gasteiger partial charge in [0.15, 0.2) is 17.3 Å². The molecule has 2 heterocycles. The fourth-order valence-corrected chi connectivity index (χ4v) is 2.83. The van der Waals surface area contributed by atoms with Gasteiger partial charge in [-0.3, -0.25) is 10.2 Å². The minimum Gasteiger partial charge on any atom is -0.493 e. The summed E-state index contributed by atoms with van der Waals surface area (Å²) in [5.74, 6) is 4.80. The molecule has 0 saturated carbocycles. The predicted molar refractivity (Wildman–Crippen MR) is 95.3 cm³/mol. The maximum Gasteiger partial charge on any atom is 0.328 e. The minimum absolute atomic E-state index is 0.140. The second-order valence-electron chi connectivity index (χ2n) is 5.43. The number of carbonyl (C=O) groups is 1. The van der Waals surface area contributed by atoms with Crippen LogP contribution >= 0.6 is 0 Å². The SMILES string of the molecule is C#CCN1C(=C)c2c(nc(-c3ccc(OC)c(OC)c3)n2C)NC1=O. The number of anilines is 1. The fourth-order valence-electron chi connectivity index (χ4n) is 2.83. The number of amides is 2. The molecule has 3 rings (SSSR count). The highest BCUT2D eigenvalue weighted by Gasteiger charge is 2.31. The van der Waals surface area contributed by atoms with E-state index in [1.165, 1.54) is 4.90 Å². The molecule has 0 fully saturated rings. The van der Waals surface area contributed by atoms with Gasteiger partial charge in [0.05, 0.1) is 26.5 Å². The average molecular weight is 338 g/mol. The average Bonchev–Trinajstić information content (AvgIpc) is 2.94. The first-order valence-electron chi connectivity index (χ1n) is 7.52. The number of hydrogen-bond acceptors (Lipinski definition) is 4. The summed E-state index contributed by atoms with van der Waals surface area (Å²) < 4.78 is 12.5. The van der Waals surface area contributed by atoms with Gasteiger partial charge in [-0.05, 0) is 18.2 Å². The van der Waals surface area contributed by atoms with Crippen LogP contribution in [0, 0.1) is 12.3 Å². The van der Waals surface area contributed by atoms with E-state index in [2.05, 4.69) is 22.8 Å². The quantitative estimate of drug-likeness (QED) is 0.870. The van der Waals surface area contributed by atoms with Crippen molar-refractivity contribution in [3.05, 3.63) is 30.5 Å². The number of urea groups is 1. The van der Waals surface area contributed by atoms with Gasteiger partial charge in [-0.1, -0.05) is 12.5 Å². The Kier molecular flexibility index (Phi) is 4.11. The van der Waals surface area contributed by atoms with E-state index >= 15 is 0 Å². The first-order chi connectivity index (χ1) is 12.0. The smallest absolute Gasteiger partial charge is 0.328 e. The van der Waals surface area contributed by atoms with Crippen LogP contribution in [-0.4, -0.2) is 41.2 Å². The van der Waals surface area contributed by atoms with Gasteiger partial charge >= 0.3 is 6.03 Å². The zero-order valence-electron chi connectivity index (χ0n) is 14.3. The Bertz CT molecular complexity index is 908. The lowest BCUT2D eigenvalue weighted by Crippen LogP contribution is -2.38. The lowest BCUT2D eigenvalue weighted by atomic mass is 10.2. The molecule has 128 valence electrons. The maximum atomic E-state index is 12.2. The fraction of sp³-hybridized carbons (Fsp3) is 0.222. The number of methoxy groups -OCH3 is 2. The molecule has 2 aromatic rings. The van der Waals surface area contributed by atoms with Crippen LogP contribution in [0.25, 0.3) is 17.1 Å².